The molecule has 0 fully saturated rings. The van der Waals surface area contributed by atoms with Crippen LogP contribution in [0.25, 0.3) is 0 Å². The number of halogens is 2. The van der Waals surface area contributed by atoms with Crippen LogP contribution in [-0.2, 0) is 0 Å². The zero-order valence-corrected chi connectivity index (χ0v) is 19.5. The molecule has 0 N–H and O–H groups in total. The summed E-state index contributed by atoms with van der Waals surface area (Å²) in [6, 6.07) is 5.53. The van der Waals surface area contributed by atoms with Gasteiger partial charge in [-0.1, -0.05) is 133 Å². The van der Waals surface area contributed by atoms with Crippen LogP contribution >= 0.6 is 23.2 Å². The van der Waals surface area contributed by atoms with Crippen molar-refractivity contribution in [3.05, 3.63) is 33.8 Å². The molecule has 0 bridgehead atoms. The van der Waals surface area contributed by atoms with Crippen LogP contribution in [0.15, 0.2) is 23.2 Å². The quantitative estimate of drug-likeness (QED) is 0.164. The Balaban J connectivity index is 1.81. The van der Waals surface area contributed by atoms with E-state index in [0.29, 0.717) is 10.0 Å². The van der Waals surface area contributed by atoms with Gasteiger partial charge in [-0.2, -0.15) is 0 Å². The van der Waals surface area contributed by atoms with Gasteiger partial charge in [-0.25, -0.2) is 0 Å². The van der Waals surface area contributed by atoms with Gasteiger partial charge in [0.15, 0.2) is 0 Å². The van der Waals surface area contributed by atoms with E-state index in [2.05, 4.69) is 11.9 Å². The number of aliphatic imine (C=N–C) groups is 1. The van der Waals surface area contributed by atoms with Crippen LogP contribution in [0, 0.1) is 0 Å². The summed E-state index contributed by atoms with van der Waals surface area (Å²) in [4.78, 5) is 4.48. The fourth-order valence-corrected chi connectivity index (χ4v) is 3.98. The van der Waals surface area contributed by atoms with Gasteiger partial charge in [-0.3, -0.25) is 4.99 Å². The molecule has 1 aromatic rings. The minimum absolute atomic E-state index is 0.667. The van der Waals surface area contributed by atoms with E-state index >= 15 is 0 Å². The van der Waals surface area contributed by atoms with Crippen molar-refractivity contribution in [3.63, 3.8) is 0 Å². The Morgan fingerprint density at radius 3 is 1.61 bits per heavy atom. The lowest BCUT2D eigenvalue weighted by Crippen LogP contribution is -1.87. The van der Waals surface area contributed by atoms with E-state index in [1.807, 2.05) is 18.3 Å². The van der Waals surface area contributed by atoms with Crippen molar-refractivity contribution in [1.82, 2.24) is 0 Å². The van der Waals surface area contributed by atoms with E-state index in [-0.39, 0.29) is 0 Å². The SMILES string of the molecule is CCCCCCCCCCCCCCCCCCN=Cc1ccc(Cl)cc1Cl. The third-order valence-corrected chi connectivity index (χ3v) is 5.90. The lowest BCUT2D eigenvalue weighted by Gasteiger charge is -2.03. The molecule has 0 unspecified atom stereocenters. The Bertz CT molecular complexity index is 513. The first kappa shape index (κ1) is 25.5. The lowest BCUT2D eigenvalue weighted by atomic mass is 10.0. The van der Waals surface area contributed by atoms with Crippen LogP contribution in [0.5, 0.6) is 0 Å². The first-order valence-electron chi connectivity index (χ1n) is 11.7. The van der Waals surface area contributed by atoms with Gasteiger partial charge in [0.25, 0.3) is 0 Å². The van der Waals surface area contributed by atoms with E-state index in [4.69, 9.17) is 23.2 Å². The number of hydrogen-bond donors (Lipinski definition) is 0. The molecule has 0 aromatic heterocycles. The highest BCUT2D eigenvalue weighted by atomic mass is 35.5. The fraction of sp³-hybridized carbons (Fsp3) is 0.720. The molecule has 0 heterocycles. The summed E-state index contributed by atoms with van der Waals surface area (Å²) < 4.78 is 0. The number of unbranched alkanes of at least 4 members (excludes halogenated alkanes) is 15. The van der Waals surface area contributed by atoms with Crippen molar-refractivity contribution in [3.8, 4) is 0 Å². The largest absolute Gasteiger partial charge is 0.293 e. The van der Waals surface area contributed by atoms with Gasteiger partial charge in [0.2, 0.25) is 0 Å². The lowest BCUT2D eigenvalue weighted by molar-refractivity contribution is 0.530. The predicted octanol–water partition coefficient (Wildman–Crippen LogP) is 9.67. The Morgan fingerprint density at radius 2 is 1.14 bits per heavy atom. The summed E-state index contributed by atoms with van der Waals surface area (Å²) in [5.74, 6) is 0. The van der Waals surface area contributed by atoms with Crippen molar-refractivity contribution in [1.29, 1.82) is 0 Å². The minimum atomic E-state index is 0.667. The Labute approximate surface area is 184 Å². The molecule has 1 aromatic carbocycles. The van der Waals surface area contributed by atoms with Gasteiger partial charge >= 0.3 is 0 Å². The highest BCUT2D eigenvalue weighted by molar-refractivity contribution is 6.36. The predicted molar refractivity (Wildman–Crippen MR) is 128 cm³/mol. The normalized spacial score (nSPS) is 11.5. The smallest absolute Gasteiger partial charge is 0.0508 e. The van der Waals surface area contributed by atoms with Crippen molar-refractivity contribution in [2.75, 3.05) is 6.54 Å². The second-order valence-electron chi connectivity index (χ2n) is 8.00. The summed E-state index contributed by atoms with van der Waals surface area (Å²) >= 11 is 12.0. The van der Waals surface area contributed by atoms with Crippen LogP contribution in [0.1, 0.15) is 115 Å². The maximum atomic E-state index is 6.14. The van der Waals surface area contributed by atoms with Crippen molar-refractivity contribution in [2.24, 2.45) is 4.99 Å². The highest BCUT2D eigenvalue weighted by Gasteiger charge is 1.98. The number of benzene rings is 1. The second kappa shape index (κ2) is 18.5. The Kier molecular flexibility index (Phi) is 16.8. The summed E-state index contributed by atoms with van der Waals surface area (Å²) in [7, 11) is 0. The molecular formula is C25H41Cl2N. The third kappa shape index (κ3) is 14.5. The van der Waals surface area contributed by atoms with Crippen LogP contribution < -0.4 is 0 Å². The number of hydrogen-bond acceptors (Lipinski definition) is 1. The third-order valence-electron chi connectivity index (χ3n) is 5.33. The summed E-state index contributed by atoms with van der Waals surface area (Å²) in [5, 5.41) is 1.34. The van der Waals surface area contributed by atoms with Gasteiger partial charge < -0.3 is 0 Å². The first-order valence-corrected chi connectivity index (χ1v) is 12.4. The van der Waals surface area contributed by atoms with E-state index in [1.54, 1.807) is 6.07 Å². The molecule has 0 saturated carbocycles. The van der Waals surface area contributed by atoms with E-state index in [0.717, 1.165) is 12.1 Å². The van der Waals surface area contributed by atoms with Gasteiger partial charge in [-0.05, 0) is 18.6 Å². The molecule has 0 saturated heterocycles. The molecule has 160 valence electrons. The fourth-order valence-electron chi connectivity index (χ4n) is 3.52. The maximum Gasteiger partial charge on any atom is 0.0508 e. The van der Waals surface area contributed by atoms with Crippen LogP contribution in [0.4, 0.5) is 0 Å². The van der Waals surface area contributed by atoms with Gasteiger partial charge in [0.1, 0.15) is 0 Å². The Hall–Kier alpha value is -0.530. The molecular weight excluding hydrogens is 385 g/mol. The van der Waals surface area contributed by atoms with E-state index in [9.17, 15) is 0 Å². The average Bonchev–Trinajstić information content (AvgIpc) is 2.68. The first-order chi connectivity index (χ1) is 13.7. The van der Waals surface area contributed by atoms with Gasteiger partial charge in [-0.15, -0.1) is 0 Å². The monoisotopic (exact) mass is 425 g/mol. The number of nitrogens with zero attached hydrogens (tertiary/aromatic N) is 1. The van der Waals surface area contributed by atoms with Crippen LogP contribution in [-0.4, -0.2) is 12.8 Å². The molecule has 0 aliphatic carbocycles. The summed E-state index contributed by atoms with van der Waals surface area (Å²) in [6.07, 6.45) is 24.2. The van der Waals surface area contributed by atoms with Crippen LogP contribution in [0.2, 0.25) is 10.0 Å². The second-order valence-corrected chi connectivity index (χ2v) is 8.85. The summed E-state index contributed by atoms with van der Waals surface area (Å²) in [5.41, 5.74) is 0.947. The molecule has 0 aliphatic heterocycles. The van der Waals surface area contributed by atoms with Crippen LogP contribution in [0.3, 0.4) is 0 Å². The molecule has 0 radical (unpaired) electrons. The molecule has 1 rings (SSSR count). The van der Waals surface area contributed by atoms with Crippen molar-refractivity contribution < 1.29 is 0 Å². The molecule has 0 atom stereocenters. The maximum absolute atomic E-state index is 6.14. The van der Waals surface area contributed by atoms with Gasteiger partial charge in [0.05, 0.1) is 5.02 Å². The number of rotatable bonds is 18. The highest BCUT2D eigenvalue weighted by Crippen LogP contribution is 2.19. The summed E-state index contributed by atoms with van der Waals surface area (Å²) in [6.45, 7) is 3.17. The molecule has 28 heavy (non-hydrogen) atoms. The molecule has 1 nitrogen and oxygen atoms in total. The standard InChI is InChI=1S/C25H41Cl2N/c1-2-3-4-5-6-7-8-9-10-11-12-13-14-15-16-17-20-28-22-23-18-19-24(26)21-25(23)27/h18-19,21-22H,2-17,20H2,1H3. The zero-order valence-electron chi connectivity index (χ0n) is 18.0. The topological polar surface area (TPSA) is 12.4 Å². The molecule has 3 heteroatoms. The zero-order chi connectivity index (χ0) is 20.3. The Morgan fingerprint density at radius 1 is 0.679 bits per heavy atom. The minimum Gasteiger partial charge on any atom is -0.293 e. The average molecular weight is 427 g/mol. The molecule has 0 spiro atoms. The van der Waals surface area contributed by atoms with E-state index < -0.39 is 0 Å². The van der Waals surface area contributed by atoms with Crippen molar-refractivity contribution >= 4 is 29.4 Å². The molecule has 0 amide bonds. The van der Waals surface area contributed by atoms with Gasteiger partial charge in [0, 0.05) is 23.3 Å². The molecule has 0 aliphatic rings. The van der Waals surface area contributed by atoms with Crippen molar-refractivity contribution in [2.45, 2.75) is 110 Å². The van der Waals surface area contributed by atoms with E-state index in [1.165, 1.54) is 103 Å².